The predicted octanol–water partition coefficient (Wildman–Crippen LogP) is -0.770. The van der Waals surface area contributed by atoms with Crippen molar-refractivity contribution in [2.75, 3.05) is 53.4 Å². The van der Waals surface area contributed by atoms with E-state index in [-0.39, 0.29) is 11.8 Å². The number of hydrogen-bond acceptors (Lipinski definition) is 4. The van der Waals surface area contributed by atoms with Crippen LogP contribution in [-0.4, -0.2) is 87.0 Å². The van der Waals surface area contributed by atoms with E-state index in [1.54, 1.807) is 14.1 Å². The Morgan fingerprint density at radius 2 is 1.80 bits per heavy atom. The van der Waals surface area contributed by atoms with E-state index in [0.29, 0.717) is 19.1 Å². The zero-order valence-corrected chi connectivity index (χ0v) is 15.9. The Hall–Kier alpha value is -1.83. The number of aliphatic imine (C=N–C) groups is 1. The van der Waals surface area contributed by atoms with Crippen LogP contribution in [0.3, 0.4) is 0 Å². The number of amides is 2. The molecule has 0 bridgehead atoms. The van der Waals surface area contributed by atoms with Gasteiger partial charge in [0.2, 0.25) is 11.8 Å². The minimum Gasteiger partial charge on any atom is -0.359 e. The van der Waals surface area contributed by atoms with E-state index >= 15 is 0 Å². The van der Waals surface area contributed by atoms with E-state index in [9.17, 15) is 9.59 Å². The standard InChI is InChI=1S/C17H32N6O2/c1-17(2,15(25)18-3)12-20-16(19-4)23-9-7-22(8-10-23)11-14(24)21-13-5-6-13/h13H,5-12H2,1-4H3,(H,18,25)(H,19,20)(H,21,24). The third-order valence-corrected chi connectivity index (χ3v) is 4.72. The Labute approximate surface area is 150 Å². The Morgan fingerprint density at radius 3 is 2.32 bits per heavy atom. The SMILES string of the molecule is CN=C(NCC(C)(C)C(=O)NC)N1CCN(CC(=O)NC2CC2)CC1. The lowest BCUT2D eigenvalue weighted by Gasteiger charge is -2.37. The Kier molecular flexibility index (Phi) is 6.64. The Bertz CT molecular complexity index is 507. The molecule has 0 aromatic rings. The number of rotatable bonds is 6. The van der Waals surface area contributed by atoms with Crippen LogP contribution in [0.4, 0.5) is 0 Å². The molecule has 8 nitrogen and oxygen atoms in total. The smallest absolute Gasteiger partial charge is 0.234 e. The Morgan fingerprint density at radius 1 is 1.16 bits per heavy atom. The second-order valence-electron chi connectivity index (χ2n) is 7.47. The summed E-state index contributed by atoms with van der Waals surface area (Å²) in [5, 5.41) is 9.02. The average Bonchev–Trinajstić information content (AvgIpc) is 3.39. The summed E-state index contributed by atoms with van der Waals surface area (Å²) >= 11 is 0. The molecule has 2 amide bonds. The maximum atomic E-state index is 11.9. The van der Waals surface area contributed by atoms with Crippen LogP contribution in [-0.2, 0) is 9.59 Å². The molecule has 0 spiro atoms. The fourth-order valence-electron chi connectivity index (χ4n) is 2.87. The van der Waals surface area contributed by atoms with Crippen molar-refractivity contribution in [2.24, 2.45) is 10.4 Å². The number of piperazine rings is 1. The summed E-state index contributed by atoms with van der Waals surface area (Å²) < 4.78 is 0. The summed E-state index contributed by atoms with van der Waals surface area (Å²) in [7, 11) is 3.40. The zero-order valence-electron chi connectivity index (χ0n) is 15.9. The molecule has 3 N–H and O–H groups in total. The van der Waals surface area contributed by atoms with E-state index in [0.717, 1.165) is 45.0 Å². The first-order valence-corrected chi connectivity index (χ1v) is 9.05. The van der Waals surface area contributed by atoms with Crippen molar-refractivity contribution in [2.45, 2.75) is 32.7 Å². The molecule has 2 rings (SSSR count). The average molecular weight is 352 g/mol. The maximum absolute atomic E-state index is 11.9. The van der Waals surface area contributed by atoms with Crippen molar-refractivity contribution >= 4 is 17.8 Å². The summed E-state index contributed by atoms with van der Waals surface area (Å²) in [4.78, 5) is 32.5. The second kappa shape index (κ2) is 8.51. The number of guanidine groups is 1. The predicted molar refractivity (Wildman–Crippen MR) is 98.4 cm³/mol. The first-order valence-electron chi connectivity index (χ1n) is 9.05. The lowest BCUT2D eigenvalue weighted by atomic mass is 9.92. The van der Waals surface area contributed by atoms with Crippen LogP contribution in [0.25, 0.3) is 0 Å². The zero-order chi connectivity index (χ0) is 18.4. The van der Waals surface area contributed by atoms with Crippen molar-refractivity contribution in [3.8, 4) is 0 Å². The second-order valence-corrected chi connectivity index (χ2v) is 7.47. The monoisotopic (exact) mass is 352 g/mol. The van der Waals surface area contributed by atoms with Gasteiger partial charge in [0.25, 0.3) is 0 Å². The normalized spacial score (nSPS) is 19.5. The summed E-state index contributed by atoms with van der Waals surface area (Å²) in [5.41, 5.74) is -0.507. The molecule has 0 radical (unpaired) electrons. The van der Waals surface area contributed by atoms with Crippen LogP contribution in [0.5, 0.6) is 0 Å². The topological polar surface area (TPSA) is 89.1 Å². The van der Waals surface area contributed by atoms with Crippen molar-refractivity contribution in [3.05, 3.63) is 0 Å². The fraction of sp³-hybridized carbons (Fsp3) is 0.824. The van der Waals surface area contributed by atoms with Gasteiger partial charge in [0.15, 0.2) is 5.96 Å². The Balaban J connectivity index is 1.75. The molecule has 0 aromatic heterocycles. The lowest BCUT2D eigenvalue weighted by Crippen LogP contribution is -2.55. The summed E-state index contributed by atoms with van der Waals surface area (Å²) in [6.45, 7) is 8.09. The molecule has 142 valence electrons. The summed E-state index contributed by atoms with van der Waals surface area (Å²) in [5.74, 6) is 0.937. The number of hydrogen-bond donors (Lipinski definition) is 3. The van der Waals surface area contributed by atoms with Gasteiger partial charge in [-0.15, -0.1) is 0 Å². The van der Waals surface area contributed by atoms with Gasteiger partial charge < -0.3 is 20.9 Å². The first kappa shape index (κ1) is 19.5. The van der Waals surface area contributed by atoms with Gasteiger partial charge in [0.05, 0.1) is 12.0 Å². The summed E-state index contributed by atoms with van der Waals surface area (Å²) in [6, 6.07) is 0.417. The maximum Gasteiger partial charge on any atom is 0.234 e. The minimum atomic E-state index is -0.507. The highest BCUT2D eigenvalue weighted by Gasteiger charge is 2.29. The molecular weight excluding hydrogens is 320 g/mol. The number of carbonyl (C=O) groups is 2. The molecule has 1 aliphatic heterocycles. The van der Waals surface area contributed by atoms with Gasteiger partial charge in [-0.1, -0.05) is 0 Å². The van der Waals surface area contributed by atoms with Gasteiger partial charge in [0.1, 0.15) is 0 Å². The molecule has 0 unspecified atom stereocenters. The number of carbonyl (C=O) groups excluding carboxylic acids is 2. The van der Waals surface area contributed by atoms with Crippen LogP contribution < -0.4 is 16.0 Å². The fourth-order valence-corrected chi connectivity index (χ4v) is 2.87. The van der Waals surface area contributed by atoms with E-state index in [2.05, 4.69) is 30.7 Å². The molecular formula is C17H32N6O2. The van der Waals surface area contributed by atoms with Gasteiger partial charge >= 0.3 is 0 Å². The van der Waals surface area contributed by atoms with E-state index in [4.69, 9.17) is 0 Å². The molecule has 0 atom stereocenters. The largest absolute Gasteiger partial charge is 0.359 e. The quantitative estimate of drug-likeness (QED) is 0.432. The number of nitrogens with zero attached hydrogens (tertiary/aromatic N) is 3. The number of nitrogens with one attached hydrogen (secondary N) is 3. The first-order chi connectivity index (χ1) is 11.9. The van der Waals surface area contributed by atoms with Crippen LogP contribution in [0, 0.1) is 5.41 Å². The minimum absolute atomic E-state index is 0.00180. The molecule has 1 saturated carbocycles. The molecule has 1 heterocycles. The molecule has 0 aromatic carbocycles. The highest BCUT2D eigenvalue weighted by Crippen LogP contribution is 2.18. The molecule has 1 aliphatic carbocycles. The third-order valence-electron chi connectivity index (χ3n) is 4.72. The molecule has 2 fully saturated rings. The van der Waals surface area contributed by atoms with Gasteiger partial charge in [-0.2, -0.15) is 0 Å². The highest BCUT2D eigenvalue weighted by atomic mass is 16.2. The van der Waals surface area contributed by atoms with Gasteiger partial charge in [-0.25, -0.2) is 0 Å². The van der Waals surface area contributed by atoms with E-state index in [1.807, 2.05) is 13.8 Å². The van der Waals surface area contributed by atoms with Crippen molar-refractivity contribution < 1.29 is 9.59 Å². The molecule has 2 aliphatic rings. The van der Waals surface area contributed by atoms with Crippen molar-refractivity contribution in [1.82, 2.24) is 25.8 Å². The van der Waals surface area contributed by atoms with Gasteiger partial charge in [0, 0.05) is 52.9 Å². The third kappa shape index (κ3) is 5.88. The van der Waals surface area contributed by atoms with Gasteiger partial charge in [-0.3, -0.25) is 19.5 Å². The highest BCUT2D eigenvalue weighted by molar-refractivity contribution is 5.84. The van der Waals surface area contributed by atoms with E-state index < -0.39 is 5.41 Å². The molecule has 1 saturated heterocycles. The van der Waals surface area contributed by atoms with Crippen molar-refractivity contribution in [1.29, 1.82) is 0 Å². The van der Waals surface area contributed by atoms with Gasteiger partial charge in [-0.05, 0) is 26.7 Å². The molecule has 25 heavy (non-hydrogen) atoms. The summed E-state index contributed by atoms with van der Waals surface area (Å²) in [6.07, 6.45) is 2.24. The van der Waals surface area contributed by atoms with Crippen LogP contribution in [0.15, 0.2) is 4.99 Å². The van der Waals surface area contributed by atoms with Crippen LogP contribution in [0.2, 0.25) is 0 Å². The molecule has 8 heteroatoms. The van der Waals surface area contributed by atoms with Crippen molar-refractivity contribution in [3.63, 3.8) is 0 Å². The van der Waals surface area contributed by atoms with E-state index in [1.165, 1.54) is 0 Å². The van der Waals surface area contributed by atoms with Crippen LogP contribution >= 0.6 is 0 Å². The van der Waals surface area contributed by atoms with Crippen LogP contribution in [0.1, 0.15) is 26.7 Å². The lowest BCUT2D eigenvalue weighted by molar-refractivity contribution is -0.128.